The lowest BCUT2D eigenvalue weighted by molar-refractivity contribution is -0.122. The minimum Gasteiger partial charge on any atom is -0.497 e. The number of amides is 2. The van der Waals surface area contributed by atoms with E-state index in [1.54, 1.807) is 18.1 Å². The van der Waals surface area contributed by atoms with E-state index in [1.165, 1.54) is 11.3 Å². The van der Waals surface area contributed by atoms with Gasteiger partial charge in [-0.1, -0.05) is 17.4 Å². The van der Waals surface area contributed by atoms with Gasteiger partial charge in [-0.3, -0.25) is 9.59 Å². The largest absolute Gasteiger partial charge is 0.497 e. The highest BCUT2D eigenvalue weighted by atomic mass is 32.1. The second kappa shape index (κ2) is 6.33. The first kappa shape index (κ1) is 15.4. The molecule has 1 N–H and O–H groups in total. The molecule has 8 heteroatoms. The van der Waals surface area contributed by atoms with Gasteiger partial charge in [0, 0.05) is 24.7 Å². The fourth-order valence-corrected chi connectivity index (χ4v) is 3.06. The van der Waals surface area contributed by atoms with Gasteiger partial charge in [-0.15, -0.1) is 10.2 Å². The normalized spacial score (nSPS) is 17.4. The maximum absolute atomic E-state index is 12.3. The zero-order valence-electron chi connectivity index (χ0n) is 12.8. The highest BCUT2D eigenvalue weighted by Crippen LogP contribution is 2.28. The molecule has 1 aliphatic heterocycles. The van der Waals surface area contributed by atoms with Crippen molar-refractivity contribution in [3.05, 3.63) is 29.3 Å². The third kappa shape index (κ3) is 3.31. The number of benzene rings is 1. The molecule has 7 nitrogen and oxygen atoms in total. The molecule has 2 aromatic rings. The van der Waals surface area contributed by atoms with Crippen molar-refractivity contribution >= 4 is 34.0 Å². The molecule has 0 bridgehead atoms. The SMILES string of the molecule is COc1cccc(N2C[C@H](C(=O)Nc3nnc(C)s3)CC2=O)c1. The number of aromatic nitrogens is 2. The van der Waals surface area contributed by atoms with Crippen molar-refractivity contribution in [3.63, 3.8) is 0 Å². The van der Waals surface area contributed by atoms with E-state index < -0.39 is 5.92 Å². The molecule has 0 radical (unpaired) electrons. The zero-order chi connectivity index (χ0) is 16.4. The maximum atomic E-state index is 12.3. The van der Waals surface area contributed by atoms with Gasteiger partial charge in [-0.2, -0.15) is 0 Å². The third-order valence-electron chi connectivity index (χ3n) is 3.62. The lowest BCUT2D eigenvalue weighted by Crippen LogP contribution is -2.28. The summed E-state index contributed by atoms with van der Waals surface area (Å²) in [5.41, 5.74) is 0.733. The monoisotopic (exact) mass is 332 g/mol. The molecular formula is C15H16N4O3S. The first-order chi connectivity index (χ1) is 11.1. The van der Waals surface area contributed by atoms with Crippen LogP contribution in [0.25, 0.3) is 0 Å². The lowest BCUT2D eigenvalue weighted by Gasteiger charge is -2.17. The van der Waals surface area contributed by atoms with Gasteiger partial charge < -0.3 is 15.0 Å². The number of hydrogen-bond acceptors (Lipinski definition) is 6. The molecule has 0 aliphatic carbocycles. The number of carbonyl (C=O) groups is 2. The molecule has 1 fully saturated rings. The van der Waals surface area contributed by atoms with Crippen LogP contribution in [-0.4, -0.2) is 35.7 Å². The average molecular weight is 332 g/mol. The summed E-state index contributed by atoms with van der Waals surface area (Å²) in [6, 6.07) is 7.24. The van der Waals surface area contributed by atoms with Gasteiger partial charge in [0.25, 0.3) is 0 Å². The molecule has 0 saturated carbocycles. The fraction of sp³-hybridized carbons (Fsp3) is 0.333. The number of nitrogens with zero attached hydrogens (tertiary/aromatic N) is 3. The summed E-state index contributed by atoms with van der Waals surface area (Å²) in [4.78, 5) is 26.1. The van der Waals surface area contributed by atoms with Gasteiger partial charge in [0.2, 0.25) is 16.9 Å². The van der Waals surface area contributed by atoms with Gasteiger partial charge in [-0.25, -0.2) is 0 Å². The van der Waals surface area contributed by atoms with Crippen LogP contribution >= 0.6 is 11.3 Å². The Morgan fingerprint density at radius 1 is 1.43 bits per heavy atom. The minimum absolute atomic E-state index is 0.0770. The van der Waals surface area contributed by atoms with Crippen LogP contribution in [0.5, 0.6) is 5.75 Å². The number of ether oxygens (including phenoxy) is 1. The van der Waals surface area contributed by atoms with Gasteiger partial charge in [0.15, 0.2) is 0 Å². The molecule has 0 spiro atoms. The summed E-state index contributed by atoms with van der Waals surface area (Å²) < 4.78 is 5.17. The average Bonchev–Trinajstić information content (AvgIpc) is 3.13. The van der Waals surface area contributed by atoms with E-state index in [1.807, 2.05) is 25.1 Å². The molecular weight excluding hydrogens is 316 g/mol. The summed E-state index contributed by atoms with van der Waals surface area (Å²) in [6.45, 7) is 2.16. The van der Waals surface area contributed by atoms with Crippen molar-refractivity contribution in [1.29, 1.82) is 0 Å². The molecule has 2 amide bonds. The van der Waals surface area contributed by atoms with E-state index >= 15 is 0 Å². The third-order valence-corrected chi connectivity index (χ3v) is 4.37. The van der Waals surface area contributed by atoms with E-state index in [0.717, 1.165) is 10.7 Å². The molecule has 2 heterocycles. The molecule has 120 valence electrons. The first-order valence-corrected chi connectivity index (χ1v) is 7.94. The second-order valence-electron chi connectivity index (χ2n) is 5.22. The Morgan fingerprint density at radius 3 is 2.96 bits per heavy atom. The van der Waals surface area contributed by atoms with Crippen molar-refractivity contribution in [1.82, 2.24) is 10.2 Å². The molecule has 1 aliphatic rings. The minimum atomic E-state index is -0.405. The highest BCUT2D eigenvalue weighted by Gasteiger charge is 2.35. The summed E-state index contributed by atoms with van der Waals surface area (Å²) >= 11 is 1.31. The Bertz CT molecular complexity index is 746. The predicted molar refractivity (Wildman–Crippen MR) is 86.7 cm³/mol. The van der Waals surface area contributed by atoms with Crippen LogP contribution in [0.3, 0.4) is 0 Å². The molecule has 1 aromatic heterocycles. The smallest absolute Gasteiger partial charge is 0.231 e. The second-order valence-corrected chi connectivity index (χ2v) is 6.40. The standard InChI is InChI=1S/C15H16N4O3S/c1-9-17-18-15(23-9)16-14(21)10-6-13(20)19(8-10)11-4-3-5-12(7-11)22-2/h3-5,7,10H,6,8H2,1-2H3,(H,16,18,21)/t10-/m1/s1. The summed E-state index contributed by atoms with van der Waals surface area (Å²) in [5, 5.41) is 11.7. The topological polar surface area (TPSA) is 84.4 Å². The first-order valence-electron chi connectivity index (χ1n) is 7.12. The Kier molecular flexibility index (Phi) is 4.24. The van der Waals surface area contributed by atoms with Crippen molar-refractivity contribution in [2.45, 2.75) is 13.3 Å². The van der Waals surface area contributed by atoms with Crippen LogP contribution in [0.1, 0.15) is 11.4 Å². The van der Waals surface area contributed by atoms with Gasteiger partial charge in [0.1, 0.15) is 10.8 Å². The van der Waals surface area contributed by atoms with E-state index in [2.05, 4.69) is 15.5 Å². The molecule has 3 rings (SSSR count). The molecule has 1 atom stereocenters. The zero-order valence-corrected chi connectivity index (χ0v) is 13.6. The molecule has 1 saturated heterocycles. The predicted octanol–water partition coefficient (Wildman–Crippen LogP) is 1.85. The van der Waals surface area contributed by atoms with Crippen LogP contribution in [-0.2, 0) is 9.59 Å². The van der Waals surface area contributed by atoms with Crippen molar-refractivity contribution in [2.24, 2.45) is 5.92 Å². The maximum Gasteiger partial charge on any atom is 0.231 e. The van der Waals surface area contributed by atoms with Gasteiger partial charge in [0.05, 0.1) is 13.0 Å². The van der Waals surface area contributed by atoms with E-state index in [4.69, 9.17) is 4.74 Å². The van der Waals surface area contributed by atoms with Gasteiger partial charge in [-0.05, 0) is 19.1 Å². The Balaban J connectivity index is 1.70. The summed E-state index contributed by atoms with van der Waals surface area (Å²) in [6.07, 6.45) is 0.181. The Morgan fingerprint density at radius 2 is 2.26 bits per heavy atom. The number of rotatable bonds is 4. The fourth-order valence-electron chi connectivity index (χ4n) is 2.47. The number of methoxy groups -OCH3 is 1. The van der Waals surface area contributed by atoms with Crippen LogP contribution in [0.4, 0.5) is 10.8 Å². The number of carbonyl (C=O) groups excluding carboxylic acids is 2. The lowest BCUT2D eigenvalue weighted by atomic mass is 10.1. The highest BCUT2D eigenvalue weighted by molar-refractivity contribution is 7.15. The number of anilines is 2. The van der Waals surface area contributed by atoms with Crippen molar-refractivity contribution < 1.29 is 14.3 Å². The quantitative estimate of drug-likeness (QED) is 0.923. The van der Waals surface area contributed by atoms with E-state index in [0.29, 0.717) is 17.4 Å². The summed E-state index contributed by atoms with van der Waals surface area (Å²) in [5.74, 6) is -0.0165. The number of nitrogens with one attached hydrogen (secondary N) is 1. The molecule has 1 aromatic carbocycles. The molecule has 23 heavy (non-hydrogen) atoms. The number of aryl methyl sites for hydroxylation is 1. The van der Waals surface area contributed by atoms with Crippen LogP contribution < -0.4 is 15.0 Å². The van der Waals surface area contributed by atoms with Crippen LogP contribution in [0.2, 0.25) is 0 Å². The van der Waals surface area contributed by atoms with E-state index in [9.17, 15) is 9.59 Å². The van der Waals surface area contributed by atoms with Crippen LogP contribution in [0.15, 0.2) is 24.3 Å². The molecule has 0 unspecified atom stereocenters. The summed E-state index contributed by atoms with van der Waals surface area (Å²) in [7, 11) is 1.57. The van der Waals surface area contributed by atoms with E-state index in [-0.39, 0.29) is 18.2 Å². The van der Waals surface area contributed by atoms with Gasteiger partial charge >= 0.3 is 0 Å². The van der Waals surface area contributed by atoms with Crippen molar-refractivity contribution in [2.75, 3.05) is 23.9 Å². The number of hydrogen-bond donors (Lipinski definition) is 1. The van der Waals surface area contributed by atoms with Crippen LogP contribution in [0, 0.1) is 12.8 Å². The Labute approximate surface area is 137 Å². The van der Waals surface area contributed by atoms with Crippen molar-refractivity contribution in [3.8, 4) is 5.75 Å². The Hall–Kier alpha value is -2.48.